The summed E-state index contributed by atoms with van der Waals surface area (Å²) in [5.41, 5.74) is 6.96. The Labute approximate surface area is 106 Å². The number of amidine groups is 1. The van der Waals surface area contributed by atoms with Crippen LogP contribution in [0, 0.1) is 18.3 Å². The third-order valence-electron chi connectivity index (χ3n) is 2.80. The maximum atomic E-state index is 11.6. The van der Waals surface area contributed by atoms with E-state index in [1.54, 1.807) is 6.07 Å². The summed E-state index contributed by atoms with van der Waals surface area (Å²) in [6, 6.07) is 5.40. The Hall–Kier alpha value is -2.04. The van der Waals surface area contributed by atoms with Crippen molar-refractivity contribution < 1.29 is 9.53 Å². The zero-order valence-corrected chi connectivity index (χ0v) is 10.3. The molecule has 1 aromatic carbocycles. The van der Waals surface area contributed by atoms with Crippen molar-refractivity contribution in [1.29, 1.82) is 5.41 Å². The molecule has 0 unspecified atom stereocenters. The van der Waals surface area contributed by atoms with E-state index in [1.165, 1.54) is 0 Å². The first kappa shape index (κ1) is 12.4. The van der Waals surface area contributed by atoms with Crippen LogP contribution < -0.4 is 15.8 Å². The molecule has 2 rings (SSSR count). The molecule has 1 amide bonds. The number of amides is 1. The summed E-state index contributed by atoms with van der Waals surface area (Å²) in [4.78, 5) is 11.6. The van der Waals surface area contributed by atoms with Crippen molar-refractivity contribution in [1.82, 2.24) is 0 Å². The summed E-state index contributed by atoms with van der Waals surface area (Å²) in [6.45, 7) is 1.98. The summed E-state index contributed by atoms with van der Waals surface area (Å²) < 4.78 is 5.31. The van der Waals surface area contributed by atoms with Crippen molar-refractivity contribution in [3.05, 3.63) is 23.8 Å². The van der Waals surface area contributed by atoms with Gasteiger partial charge in [0.2, 0.25) is 5.91 Å². The number of nitrogens with one attached hydrogen (secondary N) is 2. The zero-order valence-electron chi connectivity index (χ0n) is 10.3. The molecule has 0 radical (unpaired) electrons. The lowest BCUT2D eigenvalue weighted by Crippen LogP contribution is -2.19. The van der Waals surface area contributed by atoms with Gasteiger partial charge in [0.25, 0.3) is 0 Å². The van der Waals surface area contributed by atoms with Crippen LogP contribution in [0.1, 0.15) is 18.4 Å². The average Bonchev–Trinajstić information content (AvgIpc) is 3.13. The Morgan fingerprint density at radius 1 is 1.56 bits per heavy atom. The fourth-order valence-corrected chi connectivity index (χ4v) is 1.61. The minimum Gasteiger partial charge on any atom is -0.486 e. The third-order valence-corrected chi connectivity index (χ3v) is 2.80. The largest absolute Gasteiger partial charge is 0.486 e. The molecule has 0 atom stereocenters. The quantitative estimate of drug-likeness (QED) is 0.546. The number of rotatable bonds is 5. The van der Waals surface area contributed by atoms with Gasteiger partial charge in [-0.3, -0.25) is 10.2 Å². The Kier molecular flexibility index (Phi) is 3.50. The lowest BCUT2D eigenvalue weighted by atomic mass is 10.2. The van der Waals surface area contributed by atoms with Crippen LogP contribution in [0.25, 0.3) is 0 Å². The molecule has 18 heavy (non-hydrogen) atoms. The third kappa shape index (κ3) is 3.23. The average molecular weight is 247 g/mol. The van der Waals surface area contributed by atoms with Gasteiger partial charge in [0.05, 0.1) is 0 Å². The van der Waals surface area contributed by atoms with Crippen molar-refractivity contribution in [3.63, 3.8) is 0 Å². The smallest absolute Gasteiger partial charge is 0.227 e. The highest BCUT2D eigenvalue weighted by Crippen LogP contribution is 2.31. The number of hydrogen-bond donors (Lipinski definition) is 3. The molecule has 0 spiro atoms. The van der Waals surface area contributed by atoms with Gasteiger partial charge >= 0.3 is 0 Å². The van der Waals surface area contributed by atoms with E-state index in [2.05, 4.69) is 5.32 Å². The Balaban J connectivity index is 1.99. The van der Waals surface area contributed by atoms with Crippen LogP contribution in [0.3, 0.4) is 0 Å². The molecule has 1 fully saturated rings. The Morgan fingerprint density at radius 2 is 2.28 bits per heavy atom. The van der Waals surface area contributed by atoms with Crippen molar-refractivity contribution in [2.45, 2.75) is 19.8 Å². The fourth-order valence-electron chi connectivity index (χ4n) is 1.61. The van der Waals surface area contributed by atoms with Crippen molar-refractivity contribution >= 4 is 17.4 Å². The number of carbonyl (C=O) groups excluding carboxylic acids is 1. The number of carbonyl (C=O) groups is 1. The first-order chi connectivity index (χ1) is 8.56. The highest BCUT2D eigenvalue weighted by Gasteiger charge is 2.29. The number of hydrogen-bond acceptors (Lipinski definition) is 3. The zero-order chi connectivity index (χ0) is 13.1. The van der Waals surface area contributed by atoms with Crippen molar-refractivity contribution in [2.75, 3.05) is 11.9 Å². The minimum atomic E-state index is -0.0150. The molecular weight excluding hydrogens is 230 g/mol. The van der Waals surface area contributed by atoms with Gasteiger partial charge in [0, 0.05) is 11.6 Å². The van der Waals surface area contributed by atoms with Crippen LogP contribution in [0.4, 0.5) is 5.69 Å². The van der Waals surface area contributed by atoms with Gasteiger partial charge in [0.15, 0.2) is 0 Å². The SMILES string of the molecule is Cc1cc(OCC(=N)N)ccc1NC(=O)C1CC1. The van der Waals surface area contributed by atoms with E-state index in [0.717, 1.165) is 24.1 Å². The van der Waals surface area contributed by atoms with Crippen LogP contribution in [-0.2, 0) is 4.79 Å². The van der Waals surface area contributed by atoms with E-state index < -0.39 is 0 Å². The predicted molar refractivity (Wildman–Crippen MR) is 69.9 cm³/mol. The minimum absolute atomic E-state index is 0.0150. The Morgan fingerprint density at radius 3 is 2.83 bits per heavy atom. The van der Waals surface area contributed by atoms with Crippen molar-refractivity contribution in [2.24, 2.45) is 11.7 Å². The number of anilines is 1. The molecule has 0 saturated heterocycles. The molecule has 96 valence electrons. The number of nitrogens with two attached hydrogens (primary N) is 1. The van der Waals surface area contributed by atoms with Crippen LogP contribution >= 0.6 is 0 Å². The van der Waals surface area contributed by atoms with E-state index in [4.69, 9.17) is 15.9 Å². The molecular formula is C13H17N3O2. The van der Waals surface area contributed by atoms with Gasteiger partial charge in [-0.1, -0.05) is 0 Å². The topological polar surface area (TPSA) is 88.2 Å². The van der Waals surface area contributed by atoms with E-state index in [-0.39, 0.29) is 24.3 Å². The van der Waals surface area contributed by atoms with Crippen LogP contribution in [0.2, 0.25) is 0 Å². The molecule has 1 aliphatic carbocycles. The monoisotopic (exact) mass is 247 g/mol. The van der Waals surface area contributed by atoms with Gasteiger partial charge in [-0.25, -0.2) is 0 Å². The van der Waals surface area contributed by atoms with Gasteiger partial charge < -0.3 is 15.8 Å². The molecule has 4 N–H and O–H groups in total. The second-order valence-corrected chi connectivity index (χ2v) is 4.55. The highest BCUT2D eigenvalue weighted by molar-refractivity contribution is 5.94. The summed E-state index contributed by atoms with van der Waals surface area (Å²) in [7, 11) is 0. The fraction of sp³-hybridized carbons (Fsp3) is 0.385. The molecule has 1 saturated carbocycles. The van der Waals surface area contributed by atoms with E-state index in [0.29, 0.717) is 5.75 Å². The van der Waals surface area contributed by atoms with Gasteiger partial charge in [-0.05, 0) is 43.5 Å². The van der Waals surface area contributed by atoms with Gasteiger partial charge in [-0.2, -0.15) is 0 Å². The van der Waals surface area contributed by atoms with Crippen LogP contribution in [-0.4, -0.2) is 18.3 Å². The van der Waals surface area contributed by atoms with Crippen molar-refractivity contribution in [3.8, 4) is 5.75 Å². The molecule has 0 aromatic heterocycles. The highest BCUT2D eigenvalue weighted by atomic mass is 16.5. The van der Waals surface area contributed by atoms with Crippen LogP contribution in [0.5, 0.6) is 5.75 Å². The molecule has 5 heteroatoms. The maximum Gasteiger partial charge on any atom is 0.227 e. The second-order valence-electron chi connectivity index (χ2n) is 4.55. The lowest BCUT2D eigenvalue weighted by molar-refractivity contribution is -0.117. The van der Waals surface area contributed by atoms with E-state index >= 15 is 0 Å². The lowest BCUT2D eigenvalue weighted by Gasteiger charge is -2.10. The number of ether oxygens (including phenoxy) is 1. The molecule has 0 heterocycles. The number of benzene rings is 1. The molecule has 0 aliphatic heterocycles. The second kappa shape index (κ2) is 5.08. The maximum absolute atomic E-state index is 11.6. The standard InChI is InChI=1S/C13H17N3O2/c1-8-6-10(18-7-12(14)15)4-5-11(8)16-13(17)9-2-3-9/h4-6,9H,2-3,7H2,1H3,(H3,14,15)(H,16,17). The van der Waals surface area contributed by atoms with E-state index in [1.807, 2.05) is 19.1 Å². The van der Waals surface area contributed by atoms with Gasteiger partial charge in [-0.15, -0.1) is 0 Å². The van der Waals surface area contributed by atoms with Gasteiger partial charge in [0.1, 0.15) is 18.2 Å². The molecule has 5 nitrogen and oxygen atoms in total. The summed E-state index contributed by atoms with van der Waals surface area (Å²) in [5, 5.41) is 9.98. The molecule has 0 bridgehead atoms. The molecule has 1 aliphatic rings. The Bertz CT molecular complexity index is 481. The first-order valence-electron chi connectivity index (χ1n) is 5.93. The predicted octanol–water partition coefficient (Wildman–Crippen LogP) is 1.66. The summed E-state index contributed by atoms with van der Waals surface area (Å²) >= 11 is 0. The normalized spacial score (nSPS) is 14.1. The van der Waals surface area contributed by atoms with Crippen LogP contribution in [0.15, 0.2) is 18.2 Å². The summed E-state index contributed by atoms with van der Waals surface area (Å²) in [6.07, 6.45) is 1.98. The van der Waals surface area contributed by atoms with E-state index in [9.17, 15) is 4.79 Å². The summed E-state index contributed by atoms with van der Waals surface area (Å²) in [5.74, 6) is 0.916. The number of aryl methyl sites for hydroxylation is 1. The molecule has 1 aromatic rings. The first-order valence-corrected chi connectivity index (χ1v) is 5.93.